The van der Waals surface area contributed by atoms with Gasteiger partial charge in [-0.2, -0.15) is 0 Å². The number of ether oxygens (including phenoxy) is 1. The van der Waals surface area contributed by atoms with Crippen molar-refractivity contribution in [1.29, 1.82) is 0 Å². The Hall–Kier alpha value is -0.310. The van der Waals surface area contributed by atoms with Crippen LogP contribution in [-0.2, 0) is 9.53 Å². The predicted molar refractivity (Wildman–Crippen MR) is 53.3 cm³/mol. The molecule has 0 aliphatic rings. The lowest BCUT2D eigenvalue weighted by Gasteiger charge is -2.10. The van der Waals surface area contributed by atoms with Gasteiger partial charge < -0.3 is 4.74 Å². The van der Waals surface area contributed by atoms with Gasteiger partial charge in [0.25, 0.3) is 0 Å². The fourth-order valence-electron chi connectivity index (χ4n) is 0.582. The maximum Gasteiger partial charge on any atom is 0.333 e. The lowest BCUT2D eigenvalue weighted by atomic mass is 10.1. The highest BCUT2D eigenvalue weighted by molar-refractivity contribution is 9.09. The Morgan fingerprint density at radius 3 is 2.67 bits per heavy atom. The van der Waals surface area contributed by atoms with Crippen LogP contribution in [0, 0.1) is 5.92 Å². The molecule has 0 rings (SSSR count). The molecule has 0 aromatic carbocycles. The van der Waals surface area contributed by atoms with Gasteiger partial charge in [-0.1, -0.05) is 36.4 Å². The summed E-state index contributed by atoms with van der Waals surface area (Å²) in [5.41, 5.74) is 0.542. The lowest BCUT2D eigenvalue weighted by Crippen LogP contribution is -2.14. The van der Waals surface area contributed by atoms with Crippen molar-refractivity contribution in [2.45, 2.75) is 20.3 Å². The van der Waals surface area contributed by atoms with Crippen molar-refractivity contribution in [2.24, 2.45) is 5.92 Å². The summed E-state index contributed by atoms with van der Waals surface area (Å²) in [6, 6.07) is 0. The van der Waals surface area contributed by atoms with Gasteiger partial charge in [-0.25, -0.2) is 4.79 Å². The number of halogens is 1. The quantitative estimate of drug-likeness (QED) is 0.415. The summed E-state index contributed by atoms with van der Waals surface area (Å²) in [6.45, 7) is 8.05. The summed E-state index contributed by atoms with van der Waals surface area (Å²) >= 11 is 3.28. The molecule has 0 radical (unpaired) electrons. The van der Waals surface area contributed by atoms with Crippen LogP contribution in [0.2, 0.25) is 0 Å². The van der Waals surface area contributed by atoms with Crippen molar-refractivity contribution in [3.05, 3.63) is 12.2 Å². The molecule has 0 aromatic rings. The molecule has 0 aromatic heterocycles. The second-order valence-electron chi connectivity index (χ2n) is 2.72. The highest BCUT2D eigenvalue weighted by atomic mass is 79.9. The van der Waals surface area contributed by atoms with E-state index >= 15 is 0 Å². The molecule has 70 valence electrons. The fourth-order valence-corrected chi connectivity index (χ4v) is 0.973. The summed E-state index contributed by atoms with van der Waals surface area (Å²) in [5, 5.41) is 0.743. The number of hydrogen-bond acceptors (Lipinski definition) is 2. The molecule has 0 N–H and O–H groups in total. The monoisotopic (exact) mass is 234 g/mol. The van der Waals surface area contributed by atoms with Crippen LogP contribution < -0.4 is 0 Å². The Kier molecular flexibility index (Phi) is 6.07. The zero-order valence-corrected chi connectivity index (χ0v) is 9.19. The van der Waals surface area contributed by atoms with Gasteiger partial charge in [0.1, 0.15) is 0 Å². The lowest BCUT2D eigenvalue weighted by molar-refractivity contribution is -0.139. The summed E-state index contributed by atoms with van der Waals surface area (Å²) in [7, 11) is 0. The van der Waals surface area contributed by atoms with E-state index in [4.69, 9.17) is 4.74 Å². The van der Waals surface area contributed by atoms with Crippen molar-refractivity contribution in [3.8, 4) is 0 Å². The van der Waals surface area contributed by atoms with Gasteiger partial charge in [-0.3, -0.25) is 0 Å². The number of carbonyl (C=O) groups is 1. The molecular formula is C9H15BrO2. The van der Waals surface area contributed by atoms with Crippen LogP contribution in [0.1, 0.15) is 20.3 Å². The van der Waals surface area contributed by atoms with Gasteiger partial charge in [0.2, 0.25) is 0 Å². The average molecular weight is 235 g/mol. The molecule has 0 amide bonds. The summed E-state index contributed by atoms with van der Waals surface area (Å²) in [6.07, 6.45) is 0.849. The minimum absolute atomic E-state index is 0.148. The zero-order chi connectivity index (χ0) is 9.56. The van der Waals surface area contributed by atoms with E-state index in [0.29, 0.717) is 12.2 Å². The molecule has 0 heterocycles. The van der Waals surface area contributed by atoms with Gasteiger partial charge >= 0.3 is 5.97 Å². The molecule has 0 aliphatic heterocycles. The van der Waals surface area contributed by atoms with Crippen LogP contribution in [0.25, 0.3) is 0 Å². The van der Waals surface area contributed by atoms with E-state index < -0.39 is 0 Å². The third-order valence-corrected chi connectivity index (χ3v) is 2.50. The van der Waals surface area contributed by atoms with Crippen LogP contribution in [0.4, 0.5) is 0 Å². The van der Waals surface area contributed by atoms with Crippen molar-refractivity contribution in [3.63, 3.8) is 0 Å². The Morgan fingerprint density at radius 1 is 1.67 bits per heavy atom. The number of rotatable bonds is 5. The molecule has 0 spiro atoms. The number of esters is 1. The first-order valence-corrected chi connectivity index (χ1v) is 5.17. The summed E-state index contributed by atoms with van der Waals surface area (Å²) < 4.78 is 4.92. The first-order valence-electron chi connectivity index (χ1n) is 4.05. The van der Waals surface area contributed by atoms with Crippen LogP contribution in [0.15, 0.2) is 12.2 Å². The molecule has 0 fully saturated rings. The third kappa shape index (κ3) is 3.90. The normalized spacial score (nSPS) is 12.2. The van der Waals surface area contributed by atoms with E-state index in [1.807, 2.05) is 13.8 Å². The Balaban J connectivity index is 3.85. The maximum atomic E-state index is 11.2. The molecule has 1 unspecified atom stereocenters. The van der Waals surface area contributed by atoms with E-state index in [1.165, 1.54) is 0 Å². The minimum atomic E-state index is -0.274. The van der Waals surface area contributed by atoms with E-state index in [0.717, 1.165) is 11.8 Å². The average Bonchev–Trinajstić information content (AvgIpc) is 2.11. The zero-order valence-electron chi connectivity index (χ0n) is 7.60. The molecule has 3 heteroatoms. The topological polar surface area (TPSA) is 26.3 Å². The maximum absolute atomic E-state index is 11.2. The van der Waals surface area contributed by atoms with Crippen LogP contribution in [-0.4, -0.2) is 17.9 Å². The molecule has 12 heavy (non-hydrogen) atoms. The SMILES string of the molecule is C=C(C(=O)OCCC)C(C)CBr. The number of carbonyl (C=O) groups excluding carboxylic acids is 1. The predicted octanol–water partition coefficient (Wildman–Crippen LogP) is 2.53. The van der Waals surface area contributed by atoms with Gasteiger partial charge in [-0.05, 0) is 12.3 Å². The minimum Gasteiger partial charge on any atom is -0.462 e. The highest BCUT2D eigenvalue weighted by Crippen LogP contribution is 2.12. The van der Waals surface area contributed by atoms with Gasteiger partial charge in [0.15, 0.2) is 0 Å². The van der Waals surface area contributed by atoms with E-state index in [-0.39, 0.29) is 11.9 Å². The Morgan fingerprint density at radius 2 is 2.25 bits per heavy atom. The highest BCUT2D eigenvalue weighted by Gasteiger charge is 2.14. The fraction of sp³-hybridized carbons (Fsp3) is 0.667. The smallest absolute Gasteiger partial charge is 0.333 e. The van der Waals surface area contributed by atoms with Gasteiger partial charge in [-0.15, -0.1) is 0 Å². The second-order valence-corrected chi connectivity index (χ2v) is 3.36. The summed E-state index contributed by atoms with van der Waals surface area (Å²) in [4.78, 5) is 11.2. The van der Waals surface area contributed by atoms with E-state index in [9.17, 15) is 4.79 Å². The first-order chi connectivity index (χ1) is 5.63. The second kappa shape index (κ2) is 6.23. The molecule has 1 atom stereocenters. The Labute approximate surface area is 82.1 Å². The van der Waals surface area contributed by atoms with Crippen molar-refractivity contribution in [1.82, 2.24) is 0 Å². The van der Waals surface area contributed by atoms with Crippen LogP contribution in [0.5, 0.6) is 0 Å². The largest absolute Gasteiger partial charge is 0.462 e. The number of alkyl halides is 1. The molecule has 0 bridgehead atoms. The van der Waals surface area contributed by atoms with Crippen LogP contribution in [0.3, 0.4) is 0 Å². The van der Waals surface area contributed by atoms with Gasteiger partial charge in [0.05, 0.1) is 6.61 Å². The van der Waals surface area contributed by atoms with Gasteiger partial charge in [0, 0.05) is 10.9 Å². The number of hydrogen-bond donors (Lipinski definition) is 0. The van der Waals surface area contributed by atoms with E-state index in [2.05, 4.69) is 22.5 Å². The Bertz CT molecular complexity index is 166. The van der Waals surface area contributed by atoms with E-state index in [1.54, 1.807) is 0 Å². The first kappa shape index (κ1) is 11.7. The summed E-state index contributed by atoms with van der Waals surface area (Å²) in [5.74, 6) is -0.127. The van der Waals surface area contributed by atoms with Crippen molar-refractivity contribution in [2.75, 3.05) is 11.9 Å². The molecule has 2 nitrogen and oxygen atoms in total. The molecule has 0 saturated carbocycles. The standard InChI is InChI=1S/C9H15BrO2/c1-4-5-12-9(11)8(3)7(2)6-10/h7H,3-6H2,1-2H3. The molecule has 0 saturated heterocycles. The third-order valence-electron chi connectivity index (χ3n) is 1.53. The molecular weight excluding hydrogens is 220 g/mol. The van der Waals surface area contributed by atoms with Crippen molar-refractivity contribution >= 4 is 21.9 Å². The van der Waals surface area contributed by atoms with Crippen LogP contribution >= 0.6 is 15.9 Å². The molecule has 0 aliphatic carbocycles. The van der Waals surface area contributed by atoms with Crippen molar-refractivity contribution < 1.29 is 9.53 Å².